The van der Waals surface area contributed by atoms with Crippen molar-refractivity contribution in [1.29, 1.82) is 0 Å². The van der Waals surface area contributed by atoms with Gasteiger partial charge in [-0.1, -0.05) is 12.1 Å². The molecule has 1 fully saturated rings. The minimum Gasteiger partial charge on any atom is -0.366 e. The fourth-order valence-corrected chi connectivity index (χ4v) is 3.49. The number of aryl methyl sites for hydroxylation is 2. The van der Waals surface area contributed by atoms with E-state index in [1.54, 1.807) is 18.2 Å². The first kappa shape index (κ1) is 17.3. The number of halogens is 1. The summed E-state index contributed by atoms with van der Waals surface area (Å²) in [4.78, 5) is 33.0. The molecule has 2 amide bonds. The van der Waals surface area contributed by atoms with Crippen LogP contribution in [0.1, 0.15) is 10.6 Å². The van der Waals surface area contributed by atoms with Gasteiger partial charge in [-0.05, 0) is 26.0 Å². The fraction of sp³-hybridized carbons (Fsp3) is 0.353. The van der Waals surface area contributed by atoms with Gasteiger partial charge in [0.25, 0.3) is 0 Å². The Morgan fingerprint density at radius 1 is 1.16 bits per heavy atom. The first-order valence-electron chi connectivity index (χ1n) is 7.99. The Kier molecular flexibility index (Phi) is 4.98. The Morgan fingerprint density at radius 3 is 2.44 bits per heavy atom. The van der Waals surface area contributed by atoms with Crippen molar-refractivity contribution in [3.8, 4) is 0 Å². The first-order valence-corrected chi connectivity index (χ1v) is 8.81. The lowest BCUT2D eigenvalue weighted by Gasteiger charge is -2.35. The van der Waals surface area contributed by atoms with E-state index in [9.17, 15) is 14.0 Å². The minimum absolute atomic E-state index is 0.283. The molecule has 1 saturated heterocycles. The third kappa shape index (κ3) is 3.79. The molecule has 6 nitrogen and oxygen atoms in total. The SMILES string of the molecule is Cc1nc(NC(=O)C(=O)N2CCN(c3ccccc3F)CC2)sc1C. The molecular formula is C17H19FN4O2S. The topological polar surface area (TPSA) is 65.5 Å². The van der Waals surface area contributed by atoms with Crippen LogP contribution in [-0.4, -0.2) is 47.9 Å². The van der Waals surface area contributed by atoms with Crippen LogP contribution < -0.4 is 10.2 Å². The van der Waals surface area contributed by atoms with Gasteiger partial charge >= 0.3 is 11.8 Å². The van der Waals surface area contributed by atoms with Crippen molar-refractivity contribution < 1.29 is 14.0 Å². The molecule has 1 aliphatic heterocycles. The van der Waals surface area contributed by atoms with Crippen molar-refractivity contribution in [2.75, 3.05) is 36.4 Å². The van der Waals surface area contributed by atoms with E-state index in [1.165, 1.54) is 22.3 Å². The second-order valence-corrected chi connectivity index (χ2v) is 7.05. The van der Waals surface area contributed by atoms with Gasteiger partial charge in [0.15, 0.2) is 5.13 Å². The smallest absolute Gasteiger partial charge is 0.315 e. The Hall–Kier alpha value is -2.48. The van der Waals surface area contributed by atoms with E-state index in [-0.39, 0.29) is 5.82 Å². The van der Waals surface area contributed by atoms with Crippen molar-refractivity contribution in [1.82, 2.24) is 9.88 Å². The molecule has 3 rings (SSSR count). The van der Waals surface area contributed by atoms with Crippen molar-refractivity contribution >= 4 is 34.0 Å². The summed E-state index contributed by atoms with van der Waals surface area (Å²) in [5, 5.41) is 2.99. The van der Waals surface area contributed by atoms with E-state index < -0.39 is 11.8 Å². The predicted octanol–water partition coefficient (Wildman–Crippen LogP) is 2.19. The van der Waals surface area contributed by atoms with Crippen LogP contribution in [0.15, 0.2) is 24.3 Å². The van der Waals surface area contributed by atoms with Crippen LogP contribution in [0, 0.1) is 19.7 Å². The zero-order valence-corrected chi connectivity index (χ0v) is 14.9. The highest BCUT2D eigenvalue weighted by molar-refractivity contribution is 7.15. The summed E-state index contributed by atoms with van der Waals surface area (Å²) in [6, 6.07) is 6.55. The Bertz CT molecular complexity index is 780. The molecular weight excluding hydrogens is 343 g/mol. The largest absolute Gasteiger partial charge is 0.366 e. The summed E-state index contributed by atoms with van der Waals surface area (Å²) in [5.74, 6) is -1.55. The third-order valence-corrected chi connectivity index (χ3v) is 5.19. The molecule has 0 atom stereocenters. The van der Waals surface area contributed by atoms with E-state index in [0.29, 0.717) is 37.0 Å². The number of amides is 2. The second kappa shape index (κ2) is 7.18. The Labute approximate surface area is 149 Å². The lowest BCUT2D eigenvalue weighted by atomic mass is 10.2. The number of carbonyl (C=O) groups is 2. The Morgan fingerprint density at radius 2 is 1.84 bits per heavy atom. The van der Waals surface area contributed by atoms with Gasteiger partial charge < -0.3 is 9.80 Å². The molecule has 0 radical (unpaired) electrons. The Balaban J connectivity index is 1.57. The minimum atomic E-state index is -0.687. The molecule has 1 N–H and O–H groups in total. The van der Waals surface area contributed by atoms with Crippen molar-refractivity contribution in [3.63, 3.8) is 0 Å². The monoisotopic (exact) mass is 362 g/mol. The average molecular weight is 362 g/mol. The normalized spacial score (nSPS) is 14.5. The zero-order valence-electron chi connectivity index (χ0n) is 14.1. The maximum Gasteiger partial charge on any atom is 0.315 e. The summed E-state index contributed by atoms with van der Waals surface area (Å²) < 4.78 is 13.8. The standard InChI is InChI=1S/C17H19FN4O2S/c1-11-12(2)25-17(19-11)20-15(23)16(24)22-9-7-21(8-10-22)14-6-4-3-5-13(14)18/h3-6H,7-10H2,1-2H3,(H,19,20,23). The number of thiazole rings is 1. The molecule has 1 aliphatic rings. The molecule has 2 aromatic rings. The quantitative estimate of drug-likeness (QED) is 0.832. The molecule has 0 aliphatic carbocycles. The number of para-hydroxylation sites is 1. The number of carbonyl (C=O) groups excluding carboxylic acids is 2. The van der Waals surface area contributed by atoms with Gasteiger partial charge in [-0.3, -0.25) is 14.9 Å². The first-order chi connectivity index (χ1) is 12.0. The van der Waals surface area contributed by atoms with Crippen LogP contribution in [0.4, 0.5) is 15.2 Å². The highest BCUT2D eigenvalue weighted by Crippen LogP contribution is 2.22. The lowest BCUT2D eigenvalue weighted by Crippen LogP contribution is -2.51. The van der Waals surface area contributed by atoms with Gasteiger partial charge in [0, 0.05) is 31.1 Å². The van der Waals surface area contributed by atoms with Gasteiger partial charge in [0.2, 0.25) is 0 Å². The third-order valence-electron chi connectivity index (χ3n) is 4.20. The maximum atomic E-state index is 13.8. The maximum absolute atomic E-state index is 13.8. The summed E-state index contributed by atoms with van der Waals surface area (Å²) >= 11 is 1.34. The van der Waals surface area contributed by atoms with Crippen LogP contribution in [0.2, 0.25) is 0 Å². The number of anilines is 2. The van der Waals surface area contributed by atoms with E-state index in [2.05, 4.69) is 10.3 Å². The number of hydrogen-bond acceptors (Lipinski definition) is 5. The summed E-state index contributed by atoms with van der Waals surface area (Å²) in [6.45, 7) is 5.47. The number of hydrogen-bond donors (Lipinski definition) is 1. The second-order valence-electron chi connectivity index (χ2n) is 5.85. The predicted molar refractivity (Wildman–Crippen MR) is 95.4 cm³/mol. The average Bonchev–Trinajstić information content (AvgIpc) is 2.92. The van der Waals surface area contributed by atoms with E-state index in [1.807, 2.05) is 18.7 Å². The zero-order chi connectivity index (χ0) is 18.0. The summed E-state index contributed by atoms with van der Waals surface area (Å²) in [7, 11) is 0. The van der Waals surface area contributed by atoms with Gasteiger partial charge in [0.05, 0.1) is 11.4 Å². The highest BCUT2D eigenvalue weighted by atomic mass is 32.1. The number of rotatable bonds is 2. The molecule has 0 saturated carbocycles. The van der Waals surface area contributed by atoms with E-state index in [0.717, 1.165) is 10.6 Å². The van der Waals surface area contributed by atoms with Crippen LogP contribution in [0.25, 0.3) is 0 Å². The molecule has 2 heterocycles. The van der Waals surface area contributed by atoms with E-state index >= 15 is 0 Å². The molecule has 0 bridgehead atoms. The summed E-state index contributed by atoms with van der Waals surface area (Å²) in [6.07, 6.45) is 0. The van der Waals surface area contributed by atoms with Gasteiger partial charge in [-0.25, -0.2) is 9.37 Å². The molecule has 1 aromatic heterocycles. The molecule has 132 valence electrons. The molecule has 0 spiro atoms. The molecule has 25 heavy (non-hydrogen) atoms. The van der Waals surface area contributed by atoms with Gasteiger partial charge in [-0.15, -0.1) is 11.3 Å². The lowest BCUT2D eigenvalue weighted by molar-refractivity contribution is -0.143. The van der Waals surface area contributed by atoms with E-state index in [4.69, 9.17) is 0 Å². The number of nitrogens with one attached hydrogen (secondary N) is 1. The summed E-state index contributed by atoms with van der Waals surface area (Å²) in [5.41, 5.74) is 1.36. The molecule has 0 unspecified atom stereocenters. The molecule has 1 aromatic carbocycles. The van der Waals surface area contributed by atoms with Crippen molar-refractivity contribution in [2.45, 2.75) is 13.8 Å². The van der Waals surface area contributed by atoms with Crippen LogP contribution >= 0.6 is 11.3 Å². The number of nitrogens with zero attached hydrogens (tertiary/aromatic N) is 3. The van der Waals surface area contributed by atoms with Gasteiger partial charge in [0.1, 0.15) is 5.82 Å². The van der Waals surface area contributed by atoms with Crippen LogP contribution in [0.5, 0.6) is 0 Å². The molecule has 8 heteroatoms. The number of benzene rings is 1. The van der Waals surface area contributed by atoms with Gasteiger partial charge in [-0.2, -0.15) is 0 Å². The van der Waals surface area contributed by atoms with Crippen LogP contribution in [-0.2, 0) is 9.59 Å². The number of piperazine rings is 1. The number of aromatic nitrogens is 1. The fourth-order valence-electron chi connectivity index (χ4n) is 2.68. The van der Waals surface area contributed by atoms with Crippen molar-refractivity contribution in [2.24, 2.45) is 0 Å². The van der Waals surface area contributed by atoms with Crippen molar-refractivity contribution in [3.05, 3.63) is 40.7 Å². The van der Waals surface area contributed by atoms with Crippen LogP contribution in [0.3, 0.4) is 0 Å². The highest BCUT2D eigenvalue weighted by Gasteiger charge is 2.27.